The second-order valence-corrected chi connectivity index (χ2v) is 8.33. The van der Waals surface area contributed by atoms with Gasteiger partial charge in [0.15, 0.2) is 6.61 Å². The second kappa shape index (κ2) is 8.91. The van der Waals surface area contributed by atoms with Crippen LogP contribution in [-0.4, -0.2) is 51.7 Å². The average molecular weight is 425 g/mol. The van der Waals surface area contributed by atoms with E-state index >= 15 is 0 Å². The highest BCUT2D eigenvalue weighted by atomic mass is 16.5. The Morgan fingerprint density at radius 2 is 1.87 bits per heavy atom. The largest absolute Gasteiger partial charge is 0.455 e. The van der Waals surface area contributed by atoms with Gasteiger partial charge in [-0.1, -0.05) is 31.0 Å². The molecule has 1 aliphatic heterocycles. The van der Waals surface area contributed by atoms with Crippen LogP contribution in [0.25, 0.3) is 5.69 Å². The van der Waals surface area contributed by atoms with Gasteiger partial charge in [-0.15, -0.1) is 0 Å². The molecule has 1 atom stereocenters. The molecule has 31 heavy (non-hydrogen) atoms. The van der Waals surface area contributed by atoms with Gasteiger partial charge in [0.25, 0.3) is 5.91 Å². The third-order valence-electron chi connectivity index (χ3n) is 6.16. The Kier molecular flexibility index (Phi) is 6.06. The highest BCUT2D eigenvalue weighted by Gasteiger charge is 2.39. The van der Waals surface area contributed by atoms with Gasteiger partial charge in [-0.2, -0.15) is 5.10 Å². The molecule has 0 spiro atoms. The summed E-state index contributed by atoms with van der Waals surface area (Å²) in [4.78, 5) is 39.0. The number of carbonyl (C=O) groups is 3. The minimum atomic E-state index is -0.495. The first-order valence-electron chi connectivity index (χ1n) is 10.8. The normalized spacial score (nSPS) is 19.1. The number of rotatable bonds is 6. The lowest BCUT2D eigenvalue weighted by atomic mass is 10.1. The van der Waals surface area contributed by atoms with E-state index in [1.165, 1.54) is 0 Å². The van der Waals surface area contributed by atoms with E-state index in [4.69, 9.17) is 4.74 Å². The van der Waals surface area contributed by atoms with Gasteiger partial charge in [0, 0.05) is 19.0 Å². The maximum atomic E-state index is 12.4. The Balaban J connectivity index is 1.32. The number of anilines is 1. The zero-order valence-electron chi connectivity index (χ0n) is 18.0. The molecular weight excluding hydrogens is 396 g/mol. The Hall–Kier alpha value is -3.16. The number of aromatic nitrogens is 2. The molecule has 2 aromatic rings. The summed E-state index contributed by atoms with van der Waals surface area (Å²) in [5.41, 5.74) is 2.97. The van der Waals surface area contributed by atoms with Crippen LogP contribution in [0, 0.1) is 19.8 Å². The number of esters is 1. The predicted molar refractivity (Wildman–Crippen MR) is 115 cm³/mol. The smallest absolute Gasteiger partial charge is 0.311 e. The molecule has 1 saturated heterocycles. The molecule has 2 fully saturated rings. The fourth-order valence-electron chi connectivity index (χ4n) is 4.53. The van der Waals surface area contributed by atoms with Gasteiger partial charge in [-0.25, -0.2) is 4.68 Å². The van der Waals surface area contributed by atoms with E-state index in [0.717, 1.165) is 37.1 Å². The Bertz CT molecular complexity index is 979. The Labute approximate surface area is 181 Å². The lowest BCUT2D eigenvalue weighted by Gasteiger charge is -2.23. The Morgan fingerprint density at radius 1 is 1.16 bits per heavy atom. The average Bonchev–Trinajstić information content (AvgIpc) is 3.49. The molecule has 1 aliphatic carbocycles. The van der Waals surface area contributed by atoms with Crippen molar-refractivity contribution in [1.82, 2.24) is 14.7 Å². The summed E-state index contributed by atoms with van der Waals surface area (Å²) >= 11 is 0. The highest BCUT2D eigenvalue weighted by molar-refractivity contribution is 5.94. The quantitative estimate of drug-likeness (QED) is 0.720. The zero-order chi connectivity index (χ0) is 22.0. The molecule has 1 N–H and O–H groups in total. The number of nitrogens with one attached hydrogen (secondary N) is 1. The molecule has 1 saturated carbocycles. The molecule has 8 heteroatoms. The van der Waals surface area contributed by atoms with Crippen molar-refractivity contribution < 1.29 is 19.1 Å². The maximum Gasteiger partial charge on any atom is 0.311 e. The number of likely N-dealkylation sites (tertiary alicyclic amines) is 1. The zero-order valence-corrected chi connectivity index (χ0v) is 18.0. The molecular formula is C23H28N4O4. The maximum absolute atomic E-state index is 12.4. The van der Waals surface area contributed by atoms with Gasteiger partial charge in [0.05, 0.1) is 28.7 Å². The Morgan fingerprint density at radius 3 is 2.58 bits per heavy atom. The first kappa shape index (κ1) is 21.1. The number of ether oxygens (including phenoxy) is 1. The van der Waals surface area contributed by atoms with E-state index in [1.54, 1.807) is 4.68 Å². The second-order valence-electron chi connectivity index (χ2n) is 8.33. The summed E-state index contributed by atoms with van der Waals surface area (Å²) in [6.07, 6.45) is 4.43. The molecule has 8 nitrogen and oxygen atoms in total. The van der Waals surface area contributed by atoms with Crippen LogP contribution in [0.5, 0.6) is 0 Å². The number of hydrogen-bond donors (Lipinski definition) is 1. The van der Waals surface area contributed by atoms with Crippen molar-refractivity contribution in [3.05, 3.63) is 41.7 Å². The van der Waals surface area contributed by atoms with Crippen molar-refractivity contribution in [3.8, 4) is 5.69 Å². The summed E-state index contributed by atoms with van der Waals surface area (Å²) in [5.74, 6) is -1.40. The predicted octanol–water partition coefficient (Wildman–Crippen LogP) is 2.76. The van der Waals surface area contributed by atoms with Crippen molar-refractivity contribution in [1.29, 1.82) is 0 Å². The summed E-state index contributed by atoms with van der Waals surface area (Å²) < 4.78 is 7.00. The van der Waals surface area contributed by atoms with Crippen molar-refractivity contribution in [3.63, 3.8) is 0 Å². The topological polar surface area (TPSA) is 93.5 Å². The van der Waals surface area contributed by atoms with Gasteiger partial charge in [0.2, 0.25) is 5.91 Å². The highest BCUT2D eigenvalue weighted by Crippen LogP contribution is 2.30. The molecule has 2 aliphatic rings. The van der Waals surface area contributed by atoms with E-state index < -0.39 is 17.8 Å². The van der Waals surface area contributed by atoms with Crippen LogP contribution in [0.4, 0.5) is 5.69 Å². The van der Waals surface area contributed by atoms with Crippen LogP contribution in [0.3, 0.4) is 0 Å². The first-order chi connectivity index (χ1) is 14.9. The van der Waals surface area contributed by atoms with Crippen LogP contribution < -0.4 is 5.32 Å². The molecule has 1 aromatic heterocycles. The van der Waals surface area contributed by atoms with Gasteiger partial charge in [0.1, 0.15) is 0 Å². The molecule has 1 aromatic carbocycles. The van der Waals surface area contributed by atoms with Crippen LogP contribution in [0.2, 0.25) is 0 Å². The van der Waals surface area contributed by atoms with Crippen molar-refractivity contribution in [2.45, 2.75) is 52.0 Å². The van der Waals surface area contributed by atoms with Crippen molar-refractivity contribution in [2.24, 2.45) is 5.92 Å². The van der Waals surface area contributed by atoms with Gasteiger partial charge >= 0.3 is 5.97 Å². The number of amides is 2. The van der Waals surface area contributed by atoms with E-state index in [-0.39, 0.29) is 25.0 Å². The van der Waals surface area contributed by atoms with E-state index in [2.05, 4.69) is 10.4 Å². The monoisotopic (exact) mass is 424 g/mol. The molecule has 2 heterocycles. The van der Waals surface area contributed by atoms with Crippen molar-refractivity contribution >= 4 is 23.5 Å². The molecule has 164 valence electrons. The number of carbonyl (C=O) groups excluding carboxylic acids is 3. The van der Waals surface area contributed by atoms with Crippen LogP contribution in [-0.2, 0) is 19.1 Å². The standard InChI is InChI=1S/C23H28N4O4/c1-15-22(16(2)27(25-15)19-10-4-3-5-11-19)24-20(28)14-31-23(30)17-12-21(29)26(13-17)18-8-6-7-9-18/h3-5,10-11,17-18H,6-9,12-14H2,1-2H3,(H,24,28)/t17-/m0/s1. The van der Waals surface area contributed by atoms with Gasteiger partial charge in [-0.3, -0.25) is 14.4 Å². The number of hydrogen-bond acceptors (Lipinski definition) is 5. The summed E-state index contributed by atoms with van der Waals surface area (Å²) in [6.45, 7) is 3.69. The fourth-order valence-corrected chi connectivity index (χ4v) is 4.53. The summed E-state index contributed by atoms with van der Waals surface area (Å²) in [5, 5.41) is 7.30. The first-order valence-corrected chi connectivity index (χ1v) is 10.8. The molecule has 0 bridgehead atoms. The lowest BCUT2D eigenvalue weighted by molar-refractivity contribution is -0.151. The fraction of sp³-hybridized carbons (Fsp3) is 0.478. The number of benzene rings is 1. The van der Waals surface area contributed by atoms with E-state index in [9.17, 15) is 14.4 Å². The minimum Gasteiger partial charge on any atom is -0.455 e. The lowest BCUT2D eigenvalue weighted by Crippen LogP contribution is -2.35. The molecule has 0 unspecified atom stereocenters. The van der Waals surface area contributed by atoms with Crippen molar-refractivity contribution in [2.75, 3.05) is 18.5 Å². The van der Waals surface area contributed by atoms with E-state index in [1.807, 2.05) is 49.1 Å². The van der Waals surface area contributed by atoms with Crippen LogP contribution in [0.15, 0.2) is 30.3 Å². The number of nitrogens with zero attached hydrogens (tertiary/aromatic N) is 3. The number of aryl methyl sites for hydroxylation is 1. The third kappa shape index (κ3) is 4.47. The molecule has 4 rings (SSSR count). The number of para-hydroxylation sites is 1. The molecule has 2 amide bonds. The SMILES string of the molecule is Cc1nn(-c2ccccc2)c(C)c1NC(=O)COC(=O)[C@H]1CC(=O)N(C2CCCC2)C1. The minimum absolute atomic E-state index is 0.0119. The van der Waals surface area contributed by atoms with Gasteiger partial charge in [-0.05, 0) is 38.8 Å². The van der Waals surface area contributed by atoms with Crippen LogP contribution >= 0.6 is 0 Å². The van der Waals surface area contributed by atoms with Gasteiger partial charge < -0.3 is 15.0 Å². The van der Waals surface area contributed by atoms with Crippen LogP contribution in [0.1, 0.15) is 43.5 Å². The summed E-state index contributed by atoms with van der Waals surface area (Å²) in [7, 11) is 0. The summed E-state index contributed by atoms with van der Waals surface area (Å²) in [6, 6.07) is 9.89. The third-order valence-corrected chi connectivity index (χ3v) is 6.16. The van der Waals surface area contributed by atoms with E-state index in [0.29, 0.717) is 17.9 Å². The molecule has 0 radical (unpaired) electrons.